The topological polar surface area (TPSA) is 62.1 Å². The van der Waals surface area contributed by atoms with Gasteiger partial charge >= 0.3 is 0 Å². The molecule has 0 aliphatic carbocycles. The molecule has 29 heavy (non-hydrogen) atoms. The summed E-state index contributed by atoms with van der Waals surface area (Å²) in [5.74, 6) is 1.52. The average Bonchev–Trinajstić information content (AvgIpc) is 3.23. The van der Waals surface area contributed by atoms with Crippen molar-refractivity contribution < 1.29 is 5.11 Å². The molecule has 5 nitrogen and oxygen atoms in total. The van der Waals surface area contributed by atoms with Crippen LogP contribution in [0, 0.1) is 0 Å². The molecule has 4 aromatic rings. The lowest BCUT2D eigenvalue weighted by molar-refractivity contribution is 0.477. The van der Waals surface area contributed by atoms with Crippen LogP contribution < -0.4 is 4.90 Å². The number of hydrogen-bond donors (Lipinski definition) is 1. The number of phenols is 1. The number of aromatic hydroxyl groups is 1. The van der Waals surface area contributed by atoms with E-state index in [1.807, 2.05) is 42.7 Å². The van der Waals surface area contributed by atoms with Crippen molar-refractivity contribution in [2.75, 3.05) is 11.4 Å². The van der Waals surface area contributed by atoms with Gasteiger partial charge in [0.1, 0.15) is 11.6 Å². The third kappa shape index (κ3) is 3.28. The molecule has 0 amide bonds. The third-order valence-electron chi connectivity index (χ3n) is 5.40. The molecule has 3 heterocycles. The van der Waals surface area contributed by atoms with Gasteiger partial charge in [0, 0.05) is 29.3 Å². The van der Waals surface area contributed by atoms with Crippen molar-refractivity contribution in [1.29, 1.82) is 0 Å². The second kappa shape index (κ2) is 7.33. The first-order valence-electron chi connectivity index (χ1n) is 9.63. The number of rotatable bonds is 3. The number of nitrogens with zero attached hydrogens (tertiary/aromatic N) is 4. The molecule has 144 valence electrons. The highest BCUT2D eigenvalue weighted by atomic mass is 35.5. The fraction of sp³-hybridized carbons (Fsp3) is 0.174. The molecule has 1 atom stereocenters. The van der Waals surface area contributed by atoms with Crippen LogP contribution in [0.25, 0.3) is 22.3 Å². The van der Waals surface area contributed by atoms with Crippen LogP contribution in [-0.4, -0.2) is 26.6 Å². The highest BCUT2D eigenvalue weighted by molar-refractivity contribution is 6.31. The predicted molar refractivity (Wildman–Crippen MR) is 115 cm³/mol. The lowest BCUT2D eigenvalue weighted by atomic mass is 10.1. The van der Waals surface area contributed by atoms with Crippen molar-refractivity contribution in [3.63, 3.8) is 0 Å². The maximum absolute atomic E-state index is 10.4. The van der Waals surface area contributed by atoms with E-state index >= 15 is 0 Å². The van der Waals surface area contributed by atoms with Gasteiger partial charge in [0.2, 0.25) is 0 Å². The van der Waals surface area contributed by atoms with Gasteiger partial charge in [-0.15, -0.1) is 0 Å². The normalized spacial score (nSPS) is 16.4. The van der Waals surface area contributed by atoms with Crippen LogP contribution in [0.4, 0.5) is 5.82 Å². The van der Waals surface area contributed by atoms with E-state index in [4.69, 9.17) is 21.6 Å². The molecular formula is C23H19ClN4O. The molecule has 1 fully saturated rings. The summed E-state index contributed by atoms with van der Waals surface area (Å²) in [5, 5.41) is 11.9. The molecule has 0 bridgehead atoms. The predicted octanol–water partition coefficient (Wildman–Crippen LogP) is 5.39. The van der Waals surface area contributed by atoms with Gasteiger partial charge in [-0.3, -0.25) is 4.98 Å². The van der Waals surface area contributed by atoms with Crippen LogP contribution in [0.5, 0.6) is 5.75 Å². The Balaban J connectivity index is 1.71. The van der Waals surface area contributed by atoms with Gasteiger partial charge in [-0.05, 0) is 60.9 Å². The summed E-state index contributed by atoms with van der Waals surface area (Å²) in [4.78, 5) is 16.1. The number of hydrogen-bond acceptors (Lipinski definition) is 5. The van der Waals surface area contributed by atoms with Crippen LogP contribution >= 0.6 is 11.6 Å². The highest BCUT2D eigenvalue weighted by Gasteiger charge is 2.29. The maximum Gasteiger partial charge on any atom is 0.165 e. The van der Waals surface area contributed by atoms with Crippen molar-refractivity contribution in [2.45, 2.75) is 18.9 Å². The van der Waals surface area contributed by atoms with Gasteiger partial charge in [-0.2, -0.15) is 0 Å². The van der Waals surface area contributed by atoms with E-state index in [0.717, 1.165) is 36.1 Å². The van der Waals surface area contributed by atoms with E-state index in [-0.39, 0.29) is 11.8 Å². The minimum absolute atomic E-state index is 0.159. The van der Waals surface area contributed by atoms with E-state index in [0.29, 0.717) is 16.4 Å². The van der Waals surface area contributed by atoms with Crippen LogP contribution in [0.1, 0.15) is 24.4 Å². The summed E-state index contributed by atoms with van der Waals surface area (Å²) < 4.78 is 0. The van der Waals surface area contributed by atoms with Gasteiger partial charge < -0.3 is 10.0 Å². The Bertz CT molecular complexity index is 1180. The Morgan fingerprint density at radius 1 is 1.00 bits per heavy atom. The van der Waals surface area contributed by atoms with Crippen molar-refractivity contribution in [3.8, 4) is 17.1 Å². The number of benzene rings is 2. The molecule has 0 radical (unpaired) electrons. The first kappa shape index (κ1) is 17.9. The van der Waals surface area contributed by atoms with Crippen LogP contribution in [0.15, 0.2) is 67.0 Å². The number of fused-ring (bicyclic) bond motifs is 1. The second-order valence-corrected chi connectivity index (χ2v) is 7.62. The minimum Gasteiger partial charge on any atom is -0.507 e. The molecule has 2 aromatic heterocycles. The smallest absolute Gasteiger partial charge is 0.165 e. The Morgan fingerprint density at radius 2 is 1.83 bits per heavy atom. The zero-order valence-corrected chi connectivity index (χ0v) is 16.4. The SMILES string of the molecule is Oc1ccccc1-c1nc(N2CCCC2c2ccncc2)c2ccc(Cl)cc2n1. The molecule has 1 aliphatic heterocycles. The van der Waals surface area contributed by atoms with Gasteiger partial charge in [0.05, 0.1) is 17.1 Å². The Morgan fingerprint density at radius 3 is 2.66 bits per heavy atom. The van der Waals surface area contributed by atoms with Crippen LogP contribution in [0.3, 0.4) is 0 Å². The van der Waals surface area contributed by atoms with Gasteiger partial charge in [-0.25, -0.2) is 9.97 Å². The Hall–Kier alpha value is -3.18. The molecule has 0 saturated carbocycles. The Kier molecular flexibility index (Phi) is 4.52. The summed E-state index contributed by atoms with van der Waals surface area (Å²) in [6, 6.07) is 17.2. The number of aromatic nitrogens is 3. The molecule has 6 heteroatoms. The van der Waals surface area contributed by atoms with E-state index in [1.165, 1.54) is 5.56 Å². The van der Waals surface area contributed by atoms with Gasteiger partial charge in [0.15, 0.2) is 5.82 Å². The highest BCUT2D eigenvalue weighted by Crippen LogP contribution is 2.40. The van der Waals surface area contributed by atoms with E-state index < -0.39 is 0 Å². The fourth-order valence-corrected chi connectivity index (χ4v) is 4.21. The van der Waals surface area contributed by atoms with E-state index in [1.54, 1.807) is 12.1 Å². The van der Waals surface area contributed by atoms with Gasteiger partial charge in [-0.1, -0.05) is 23.7 Å². The standard InChI is InChI=1S/C23H19ClN4O/c24-16-7-8-17-19(14-16)26-22(18-4-1-2-6-21(18)29)27-23(17)28-13-3-5-20(28)15-9-11-25-12-10-15/h1-2,4,6-12,14,20,29H,3,5,13H2. The summed E-state index contributed by atoms with van der Waals surface area (Å²) in [5.41, 5.74) is 2.60. The fourth-order valence-electron chi connectivity index (χ4n) is 4.04. The Labute approximate surface area is 173 Å². The monoisotopic (exact) mass is 402 g/mol. The van der Waals surface area contributed by atoms with Crippen LogP contribution in [-0.2, 0) is 0 Å². The molecule has 2 aromatic carbocycles. The molecule has 5 rings (SSSR count). The van der Waals surface area contributed by atoms with Crippen LogP contribution in [0.2, 0.25) is 5.02 Å². The molecule has 1 aliphatic rings. The average molecular weight is 403 g/mol. The van der Waals surface area contributed by atoms with Crippen molar-refractivity contribution >= 4 is 28.3 Å². The first-order chi connectivity index (χ1) is 14.2. The zero-order chi connectivity index (χ0) is 19.8. The number of anilines is 1. The lowest BCUT2D eigenvalue weighted by Crippen LogP contribution is -2.24. The van der Waals surface area contributed by atoms with Crippen molar-refractivity contribution in [3.05, 3.63) is 77.6 Å². The molecule has 1 saturated heterocycles. The molecule has 1 unspecified atom stereocenters. The first-order valence-corrected chi connectivity index (χ1v) is 10.0. The number of halogens is 1. The second-order valence-electron chi connectivity index (χ2n) is 7.18. The quantitative estimate of drug-likeness (QED) is 0.497. The summed E-state index contributed by atoms with van der Waals surface area (Å²) in [6.45, 7) is 0.905. The minimum atomic E-state index is 0.159. The van der Waals surface area contributed by atoms with Gasteiger partial charge in [0.25, 0.3) is 0 Å². The zero-order valence-electron chi connectivity index (χ0n) is 15.7. The lowest BCUT2D eigenvalue weighted by Gasteiger charge is -2.27. The summed E-state index contributed by atoms with van der Waals surface area (Å²) in [7, 11) is 0. The molecular weight excluding hydrogens is 384 g/mol. The van der Waals surface area contributed by atoms with E-state index in [9.17, 15) is 5.11 Å². The summed E-state index contributed by atoms with van der Waals surface area (Å²) >= 11 is 6.25. The molecule has 1 N–H and O–H groups in total. The maximum atomic E-state index is 10.4. The number of para-hydroxylation sites is 1. The third-order valence-corrected chi connectivity index (χ3v) is 5.63. The number of phenolic OH excluding ortho intramolecular Hbond substituents is 1. The molecule has 0 spiro atoms. The van der Waals surface area contributed by atoms with Crippen molar-refractivity contribution in [2.24, 2.45) is 0 Å². The largest absolute Gasteiger partial charge is 0.507 e. The number of pyridine rings is 1. The van der Waals surface area contributed by atoms with Crippen molar-refractivity contribution in [1.82, 2.24) is 15.0 Å². The summed E-state index contributed by atoms with van der Waals surface area (Å²) in [6.07, 6.45) is 5.79. The van der Waals surface area contributed by atoms with E-state index in [2.05, 4.69) is 22.0 Å².